The molecule has 0 N–H and O–H groups in total. The summed E-state index contributed by atoms with van der Waals surface area (Å²) in [5.74, 6) is 2.00. The highest BCUT2D eigenvalue weighted by Crippen LogP contribution is 2.37. The molecule has 0 atom stereocenters. The minimum atomic E-state index is -0.573. The zero-order chi connectivity index (χ0) is 23.0. The zero-order valence-corrected chi connectivity index (χ0v) is 20.4. The Morgan fingerprint density at radius 2 is 1.84 bits per heavy atom. The molecular formula is C24H33ClN4O3. The number of hydrogen-bond donors (Lipinski definition) is 0. The van der Waals surface area contributed by atoms with Gasteiger partial charge in [-0.3, -0.25) is 9.47 Å². The number of fused-ring (bicyclic) bond motifs is 3. The van der Waals surface area contributed by atoms with Crippen LogP contribution in [-0.2, 0) is 22.6 Å². The third-order valence-corrected chi connectivity index (χ3v) is 6.12. The van der Waals surface area contributed by atoms with Crippen molar-refractivity contribution < 1.29 is 14.3 Å². The van der Waals surface area contributed by atoms with Gasteiger partial charge in [-0.05, 0) is 84.1 Å². The molecule has 0 saturated heterocycles. The lowest BCUT2D eigenvalue weighted by atomic mass is 9.86. The predicted molar refractivity (Wildman–Crippen MR) is 123 cm³/mol. The van der Waals surface area contributed by atoms with Crippen LogP contribution in [0.2, 0.25) is 5.02 Å². The van der Waals surface area contributed by atoms with E-state index in [4.69, 9.17) is 21.1 Å². The van der Waals surface area contributed by atoms with Crippen LogP contribution in [0.25, 0.3) is 5.69 Å². The minimum absolute atomic E-state index is 0.247. The van der Waals surface area contributed by atoms with Crippen LogP contribution in [0.5, 0.6) is 0 Å². The number of carbonyl (C=O) groups is 1. The highest BCUT2D eigenvalue weighted by molar-refractivity contribution is 6.30. The molecule has 32 heavy (non-hydrogen) atoms. The SMILES string of the molecule is CC(C)O[C@H]1CC[C@@H](c2nnc3n2-c2ccc(Cl)cc2CN(C(=O)OC(C)(C)C)C3)CC1. The van der Waals surface area contributed by atoms with Gasteiger partial charge in [-0.2, -0.15) is 0 Å². The molecule has 0 spiro atoms. The molecule has 174 valence electrons. The first-order chi connectivity index (χ1) is 15.1. The Bertz CT molecular complexity index is 974. The summed E-state index contributed by atoms with van der Waals surface area (Å²) in [4.78, 5) is 14.6. The van der Waals surface area contributed by atoms with Gasteiger partial charge in [0, 0.05) is 10.9 Å². The van der Waals surface area contributed by atoms with Crippen molar-refractivity contribution in [3.05, 3.63) is 40.4 Å². The summed E-state index contributed by atoms with van der Waals surface area (Å²) in [6, 6.07) is 5.80. The number of aromatic nitrogens is 3. The third-order valence-electron chi connectivity index (χ3n) is 5.89. The van der Waals surface area contributed by atoms with Crippen LogP contribution >= 0.6 is 11.6 Å². The van der Waals surface area contributed by atoms with E-state index in [9.17, 15) is 4.79 Å². The van der Waals surface area contributed by atoms with E-state index in [2.05, 4.69) is 28.6 Å². The van der Waals surface area contributed by atoms with E-state index in [0.717, 1.165) is 48.6 Å². The van der Waals surface area contributed by atoms with Crippen molar-refractivity contribution in [2.75, 3.05) is 0 Å². The molecule has 1 saturated carbocycles. The molecule has 0 radical (unpaired) electrons. The molecule has 1 aliphatic carbocycles. The molecule has 1 amide bonds. The normalized spacial score (nSPS) is 21.2. The van der Waals surface area contributed by atoms with Gasteiger partial charge >= 0.3 is 6.09 Å². The van der Waals surface area contributed by atoms with Crippen molar-refractivity contribution in [3.8, 4) is 5.69 Å². The topological polar surface area (TPSA) is 69.5 Å². The maximum Gasteiger partial charge on any atom is 0.411 e. The van der Waals surface area contributed by atoms with E-state index in [-0.39, 0.29) is 12.2 Å². The highest BCUT2D eigenvalue weighted by atomic mass is 35.5. The lowest BCUT2D eigenvalue weighted by molar-refractivity contribution is -0.0151. The Balaban J connectivity index is 1.65. The van der Waals surface area contributed by atoms with Gasteiger partial charge in [0.15, 0.2) is 5.82 Å². The van der Waals surface area contributed by atoms with Crippen LogP contribution in [0.1, 0.15) is 83.4 Å². The van der Waals surface area contributed by atoms with Gasteiger partial charge in [0.2, 0.25) is 0 Å². The Morgan fingerprint density at radius 3 is 2.50 bits per heavy atom. The lowest BCUT2D eigenvalue weighted by Crippen LogP contribution is -2.35. The number of rotatable bonds is 3. The quantitative estimate of drug-likeness (QED) is 0.594. The molecule has 1 fully saturated rings. The monoisotopic (exact) mass is 460 g/mol. The Morgan fingerprint density at radius 1 is 1.12 bits per heavy atom. The minimum Gasteiger partial charge on any atom is -0.444 e. The van der Waals surface area contributed by atoms with Crippen LogP contribution < -0.4 is 0 Å². The number of amides is 1. The second kappa shape index (κ2) is 9.02. The van der Waals surface area contributed by atoms with E-state index in [1.165, 1.54) is 0 Å². The second-order valence-electron chi connectivity index (χ2n) is 10.1. The van der Waals surface area contributed by atoms with Crippen LogP contribution in [-0.4, -0.2) is 43.6 Å². The summed E-state index contributed by atoms with van der Waals surface area (Å²) in [6.07, 6.45) is 4.24. The molecule has 8 heteroatoms. The standard InChI is InChI=1S/C24H33ClN4O3/c1-15(2)31-19-9-6-16(7-10-19)22-27-26-21-14-28(23(30)32-24(3,4)5)13-17-12-18(25)8-11-20(17)29(21)22/h8,11-12,15-16,19H,6-7,9-10,13-14H2,1-5H3/t16-,19+. The van der Waals surface area contributed by atoms with Crippen molar-refractivity contribution in [3.63, 3.8) is 0 Å². The summed E-state index contributed by atoms with van der Waals surface area (Å²) in [5, 5.41) is 9.74. The first-order valence-electron chi connectivity index (χ1n) is 11.5. The number of carbonyl (C=O) groups excluding carboxylic acids is 1. The highest BCUT2D eigenvalue weighted by Gasteiger charge is 2.33. The van der Waals surface area contributed by atoms with Crippen molar-refractivity contribution in [2.45, 2.75) is 97.1 Å². The summed E-state index contributed by atoms with van der Waals surface area (Å²) < 4.78 is 13.8. The van der Waals surface area contributed by atoms with Crippen LogP contribution in [0.15, 0.2) is 18.2 Å². The van der Waals surface area contributed by atoms with Gasteiger partial charge in [-0.15, -0.1) is 10.2 Å². The molecule has 0 unspecified atom stereocenters. The average molecular weight is 461 g/mol. The predicted octanol–water partition coefficient (Wildman–Crippen LogP) is 5.62. The van der Waals surface area contributed by atoms with Crippen LogP contribution in [0.4, 0.5) is 4.79 Å². The van der Waals surface area contributed by atoms with Crippen LogP contribution in [0, 0.1) is 0 Å². The molecule has 1 aromatic carbocycles. The van der Waals surface area contributed by atoms with E-state index in [0.29, 0.717) is 30.1 Å². The zero-order valence-electron chi connectivity index (χ0n) is 19.6. The van der Waals surface area contributed by atoms with E-state index < -0.39 is 5.60 Å². The van der Waals surface area contributed by atoms with Gasteiger partial charge in [-0.25, -0.2) is 4.79 Å². The number of hydrogen-bond acceptors (Lipinski definition) is 5. The number of nitrogens with zero attached hydrogens (tertiary/aromatic N) is 4. The fourth-order valence-electron chi connectivity index (χ4n) is 4.59. The lowest BCUT2D eigenvalue weighted by Gasteiger charge is -2.29. The first kappa shape index (κ1) is 23.1. The number of halogens is 1. The molecule has 4 rings (SSSR count). The van der Waals surface area contributed by atoms with Crippen molar-refractivity contribution in [1.29, 1.82) is 0 Å². The Kier molecular flexibility index (Phi) is 6.50. The number of ether oxygens (including phenoxy) is 2. The summed E-state index contributed by atoms with van der Waals surface area (Å²) in [5.41, 5.74) is 1.37. The molecule has 0 bridgehead atoms. The maximum atomic E-state index is 12.9. The smallest absolute Gasteiger partial charge is 0.411 e. The average Bonchev–Trinajstić information content (AvgIpc) is 3.02. The summed E-state index contributed by atoms with van der Waals surface area (Å²) >= 11 is 6.32. The number of benzene rings is 1. The molecule has 1 aromatic heterocycles. The molecule has 2 aromatic rings. The largest absolute Gasteiger partial charge is 0.444 e. The summed E-state index contributed by atoms with van der Waals surface area (Å²) in [6.45, 7) is 10.5. The molecular weight excluding hydrogens is 428 g/mol. The van der Waals surface area contributed by atoms with Gasteiger partial charge in [0.25, 0.3) is 0 Å². The van der Waals surface area contributed by atoms with Crippen molar-refractivity contribution in [1.82, 2.24) is 19.7 Å². The molecule has 2 aliphatic rings. The summed E-state index contributed by atoms with van der Waals surface area (Å²) in [7, 11) is 0. The van der Waals surface area contributed by atoms with Gasteiger partial charge in [0.1, 0.15) is 11.4 Å². The Hall–Kier alpha value is -2.12. The van der Waals surface area contributed by atoms with Gasteiger partial charge < -0.3 is 9.47 Å². The van der Waals surface area contributed by atoms with Crippen LogP contribution in [0.3, 0.4) is 0 Å². The van der Waals surface area contributed by atoms with Gasteiger partial charge in [-0.1, -0.05) is 11.6 Å². The fraction of sp³-hybridized carbons (Fsp3) is 0.625. The van der Waals surface area contributed by atoms with Crippen molar-refractivity contribution in [2.24, 2.45) is 0 Å². The maximum absolute atomic E-state index is 12.9. The van der Waals surface area contributed by atoms with E-state index >= 15 is 0 Å². The second-order valence-corrected chi connectivity index (χ2v) is 10.5. The third kappa shape index (κ3) is 5.09. The molecule has 7 nitrogen and oxygen atoms in total. The Labute approximate surface area is 195 Å². The first-order valence-corrected chi connectivity index (χ1v) is 11.8. The van der Waals surface area contributed by atoms with Crippen molar-refractivity contribution >= 4 is 17.7 Å². The van der Waals surface area contributed by atoms with E-state index in [1.54, 1.807) is 4.90 Å². The van der Waals surface area contributed by atoms with Gasteiger partial charge in [0.05, 0.1) is 31.0 Å². The fourth-order valence-corrected chi connectivity index (χ4v) is 4.78. The van der Waals surface area contributed by atoms with E-state index in [1.807, 2.05) is 39.0 Å². The molecule has 1 aliphatic heterocycles. The molecule has 2 heterocycles.